The van der Waals surface area contributed by atoms with Crippen LogP contribution in [0.25, 0.3) is 10.2 Å². The van der Waals surface area contributed by atoms with E-state index in [1.807, 2.05) is 35.9 Å². The van der Waals surface area contributed by atoms with Crippen LogP contribution in [0.5, 0.6) is 0 Å². The number of anilines is 1. The Morgan fingerprint density at radius 2 is 2.17 bits per heavy atom. The number of nitrogens with zero attached hydrogens (tertiary/aromatic N) is 2. The number of carbonyl (C=O) groups excluding carboxylic acids is 1. The lowest BCUT2D eigenvalue weighted by Gasteiger charge is -2.09. The Bertz CT molecular complexity index is 901. The predicted molar refractivity (Wildman–Crippen MR) is 95.3 cm³/mol. The van der Waals surface area contributed by atoms with Gasteiger partial charge in [-0.15, -0.1) is 23.1 Å². The van der Waals surface area contributed by atoms with Crippen LogP contribution in [-0.4, -0.2) is 21.7 Å². The molecule has 5 nitrogen and oxygen atoms in total. The van der Waals surface area contributed by atoms with Crippen molar-refractivity contribution in [2.45, 2.75) is 17.9 Å². The van der Waals surface area contributed by atoms with E-state index in [-0.39, 0.29) is 17.9 Å². The number of hydrogen-bond acceptors (Lipinski definition) is 5. The van der Waals surface area contributed by atoms with Gasteiger partial charge in [-0.05, 0) is 29.8 Å². The standard InChI is InChI=1S/C16H15N3O2S2/c1-22-13-5-3-2-4-12(13)18-14(20)6-8-19-10-17-15-11(16(19)21)7-9-23-15/h2-5,7,9-10H,6,8H2,1H3,(H,18,20). The van der Waals surface area contributed by atoms with Gasteiger partial charge in [0.1, 0.15) is 4.83 Å². The number of nitrogens with one attached hydrogen (secondary N) is 1. The molecule has 2 aromatic heterocycles. The monoisotopic (exact) mass is 345 g/mol. The Morgan fingerprint density at radius 1 is 1.35 bits per heavy atom. The molecule has 118 valence electrons. The third kappa shape index (κ3) is 3.46. The number of aryl methyl sites for hydroxylation is 1. The summed E-state index contributed by atoms with van der Waals surface area (Å²) < 4.78 is 1.48. The number of amides is 1. The summed E-state index contributed by atoms with van der Waals surface area (Å²) >= 11 is 3.01. The number of benzene rings is 1. The van der Waals surface area contributed by atoms with E-state index in [0.717, 1.165) is 15.4 Å². The molecule has 0 saturated carbocycles. The van der Waals surface area contributed by atoms with Crippen LogP contribution in [0.15, 0.2) is 51.7 Å². The van der Waals surface area contributed by atoms with Crippen LogP contribution >= 0.6 is 23.1 Å². The lowest BCUT2D eigenvalue weighted by atomic mass is 10.3. The minimum Gasteiger partial charge on any atom is -0.325 e. The van der Waals surface area contributed by atoms with E-state index in [0.29, 0.717) is 11.9 Å². The molecule has 0 aliphatic heterocycles. The summed E-state index contributed by atoms with van der Waals surface area (Å²) in [6, 6.07) is 9.41. The van der Waals surface area contributed by atoms with Gasteiger partial charge in [0.05, 0.1) is 17.4 Å². The second-order valence-corrected chi connectivity index (χ2v) is 6.62. The number of thioether (sulfide) groups is 1. The zero-order chi connectivity index (χ0) is 16.2. The molecule has 0 radical (unpaired) electrons. The zero-order valence-corrected chi connectivity index (χ0v) is 14.1. The summed E-state index contributed by atoms with van der Waals surface area (Å²) in [6.45, 7) is 0.310. The van der Waals surface area contributed by atoms with Crippen molar-refractivity contribution in [3.8, 4) is 0 Å². The van der Waals surface area contributed by atoms with Gasteiger partial charge in [0, 0.05) is 17.9 Å². The fraction of sp³-hybridized carbons (Fsp3) is 0.188. The van der Waals surface area contributed by atoms with E-state index in [9.17, 15) is 9.59 Å². The topological polar surface area (TPSA) is 64.0 Å². The maximum absolute atomic E-state index is 12.3. The number of para-hydroxylation sites is 1. The minimum atomic E-state index is -0.121. The van der Waals surface area contributed by atoms with Gasteiger partial charge in [-0.3, -0.25) is 14.2 Å². The number of thiophene rings is 1. The molecular weight excluding hydrogens is 330 g/mol. The molecule has 3 aromatic rings. The number of fused-ring (bicyclic) bond motifs is 1. The van der Waals surface area contributed by atoms with Crippen LogP contribution in [-0.2, 0) is 11.3 Å². The van der Waals surface area contributed by atoms with Crippen molar-refractivity contribution in [2.24, 2.45) is 0 Å². The minimum absolute atomic E-state index is 0.103. The molecule has 0 atom stereocenters. The fourth-order valence-electron chi connectivity index (χ4n) is 2.24. The molecule has 7 heteroatoms. The lowest BCUT2D eigenvalue weighted by molar-refractivity contribution is -0.116. The largest absolute Gasteiger partial charge is 0.325 e. The van der Waals surface area contributed by atoms with Gasteiger partial charge in [-0.1, -0.05) is 12.1 Å². The molecule has 0 unspecified atom stereocenters. The van der Waals surface area contributed by atoms with Crippen LogP contribution < -0.4 is 10.9 Å². The van der Waals surface area contributed by atoms with E-state index in [1.54, 1.807) is 17.8 Å². The smallest absolute Gasteiger partial charge is 0.262 e. The Kier molecular flexibility index (Phi) is 4.78. The Morgan fingerprint density at radius 3 is 3.00 bits per heavy atom. The van der Waals surface area contributed by atoms with Crippen molar-refractivity contribution >= 4 is 44.9 Å². The quantitative estimate of drug-likeness (QED) is 0.721. The number of rotatable bonds is 5. The van der Waals surface area contributed by atoms with E-state index < -0.39 is 0 Å². The van der Waals surface area contributed by atoms with Crippen molar-refractivity contribution in [3.05, 3.63) is 52.4 Å². The molecule has 0 bridgehead atoms. The average Bonchev–Trinajstić information content (AvgIpc) is 3.04. The van der Waals surface area contributed by atoms with E-state index in [4.69, 9.17) is 0 Å². The van der Waals surface area contributed by atoms with Gasteiger partial charge < -0.3 is 5.32 Å². The van der Waals surface area contributed by atoms with Crippen molar-refractivity contribution in [2.75, 3.05) is 11.6 Å². The average molecular weight is 345 g/mol. The molecule has 0 spiro atoms. The summed E-state index contributed by atoms with van der Waals surface area (Å²) in [6.07, 6.45) is 3.69. The van der Waals surface area contributed by atoms with Crippen molar-refractivity contribution < 1.29 is 4.79 Å². The maximum atomic E-state index is 12.3. The first kappa shape index (κ1) is 15.8. The van der Waals surface area contributed by atoms with Gasteiger partial charge in [0.15, 0.2) is 0 Å². The molecule has 0 aliphatic carbocycles. The molecule has 1 N–H and O–H groups in total. The normalized spacial score (nSPS) is 10.8. The van der Waals surface area contributed by atoms with Crippen molar-refractivity contribution in [1.29, 1.82) is 0 Å². The van der Waals surface area contributed by atoms with Crippen LogP contribution in [0.1, 0.15) is 6.42 Å². The van der Waals surface area contributed by atoms with Gasteiger partial charge in [0.25, 0.3) is 5.56 Å². The Labute approximate surface area is 141 Å². The second kappa shape index (κ2) is 6.97. The molecule has 0 saturated heterocycles. The molecule has 23 heavy (non-hydrogen) atoms. The fourth-order valence-corrected chi connectivity index (χ4v) is 3.51. The first-order valence-corrected chi connectivity index (χ1v) is 9.15. The Hall–Kier alpha value is -2.12. The highest BCUT2D eigenvalue weighted by molar-refractivity contribution is 7.98. The van der Waals surface area contributed by atoms with Crippen molar-refractivity contribution in [3.63, 3.8) is 0 Å². The number of carbonyl (C=O) groups is 1. The van der Waals surface area contributed by atoms with Crippen LogP contribution in [0, 0.1) is 0 Å². The SMILES string of the molecule is CSc1ccccc1NC(=O)CCn1cnc2sccc2c1=O. The molecule has 0 aliphatic rings. The molecular formula is C16H15N3O2S2. The third-order valence-electron chi connectivity index (χ3n) is 3.41. The summed E-state index contributed by atoms with van der Waals surface area (Å²) in [5.41, 5.74) is 0.692. The summed E-state index contributed by atoms with van der Waals surface area (Å²) in [4.78, 5) is 30.4. The first-order valence-electron chi connectivity index (χ1n) is 7.04. The molecule has 0 fully saturated rings. The van der Waals surface area contributed by atoms with E-state index in [1.165, 1.54) is 22.2 Å². The van der Waals surface area contributed by atoms with Crippen molar-refractivity contribution in [1.82, 2.24) is 9.55 Å². The molecule has 3 rings (SSSR count). The third-order valence-corrected chi connectivity index (χ3v) is 5.03. The van der Waals surface area contributed by atoms with E-state index in [2.05, 4.69) is 10.3 Å². The maximum Gasteiger partial charge on any atom is 0.262 e. The van der Waals surface area contributed by atoms with E-state index >= 15 is 0 Å². The number of aromatic nitrogens is 2. The van der Waals surface area contributed by atoms with Crippen LogP contribution in [0.3, 0.4) is 0 Å². The van der Waals surface area contributed by atoms with Gasteiger partial charge in [-0.25, -0.2) is 4.98 Å². The highest BCUT2D eigenvalue weighted by Gasteiger charge is 2.09. The zero-order valence-electron chi connectivity index (χ0n) is 12.5. The Balaban J connectivity index is 1.68. The highest BCUT2D eigenvalue weighted by atomic mass is 32.2. The molecule has 1 amide bonds. The molecule has 2 heterocycles. The summed E-state index contributed by atoms with van der Waals surface area (Å²) in [5.74, 6) is -0.121. The van der Waals surface area contributed by atoms with Gasteiger partial charge in [0.2, 0.25) is 5.91 Å². The number of hydrogen-bond donors (Lipinski definition) is 1. The summed E-state index contributed by atoms with van der Waals surface area (Å²) in [5, 5.41) is 5.33. The summed E-state index contributed by atoms with van der Waals surface area (Å²) in [7, 11) is 0. The lowest BCUT2D eigenvalue weighted by Crippen LogP contribution is -2.23. The predicted octanol–water partition coefficient (Wildman–Crippen LogP) is 3.21. The van der Waals surface area contributed by atoms with Crippen LogP contribution in [0.4, 0.5) is 5.69 Å². The molecule has 1 aromatic carbocycles. The second-order valence-electron chi connectivity index (χ2n) is 4.88. The van der Waals surface area contributed by atoms with Crippen LogP contribution in [0.2, 0.25) is 0 Å². The van der Waals surface area contributed by atoms with Gasteiger partial charge in [-0.2, -0.15) is 0 Å². The highest BCUT2D eigenvalue weighted by Crippen LogP contribution is 2.24. The first-order chi connectivity index (χ1) is 11.2. The van der Waals surface area contributed by atoms with Gasteiger partial charge >= 0.3 is 0 Å².